The molecule has 0 saturated heterocycles. The van der Waals surface area contributed by atoms with Crippen LogP contribution < -0.4 is 15.8 Å². The van der Waals surface area contributed by atoms with E-state index in [-0.39, 0.29) is 66.0 Å². The molecule has 6 N–H and O–H groups in total. The van der Waals surface area contributed by atoms with Gasteiger partial charge in [-0.2, -0.15) is 0 Å². The molecule has 12 aliphatic carbocycles. The van der Waals surface area contributed by atoms with E-state index >= 15 is 0 Å². The number of carboxylic acids is 1. The van der Waals surface area contributed by atoms with Gasteiger partial charge in [0.25, 0.3) is 0 Å². The van der Waals surface area contributed by atoms with Gasteiger partial charge in [-0.3, -0.25) is 14.4 Å². The summed E-state index contributed by atoms with van der Waals surface area (Å²) in [5, 5.41) is 31.9. The number of amides is 1. The molecule has 6 atom stereocenters. The Bertz CT molecular complexity index is 1900. The number of aliphatic hydroxyl groups is 1. The average Bonchev–Trinajstić information content (AvgIpc) is 3.19. The fourth-order valence-electron chi connectivity index (χ4n) is 15.5. The molecule has 2 aromatic rings. The second-order valence-corrected chi connectivity index (χ2v) is 20.8. The number of hydrogen-bond acceptors (Lipinski definition) is 7. The number of aromatic hydroxyl groups is 1. The number of carboxylic acid groups (broad SMARTS) is 1. The lowest BCUT2D eigenvalue weighted by atomic mass is 9.44. The predicted molar refractivity (Wildman–Crippen MR) is 228 cm³/mol. The molecular formula is C49H64ClFN2O7. The number of ether oxygens (including phenoxy) is 1. The summed E-state index contributed by atoms with van der Waals surface area (Å²) in [5.41, 5.74) is 8.53. The minimum absolute atomic E-state index is 0. The number of phenolic OH excluding ortho intramolecular Hbond substituents is 1. The van der Waals surface area contributed by atoms with Crippen molar-refractivity contribution in [3.05, 3.63) is 71.6 Å². The number of nitrogens with one attached hydrogen (secondary N) is 1. The Morgan fingerprint density at radius 2 is 1.22 bits per heavy atom. The second kappa shape index (κ2) is 16.7. The van der Waals surface area contributed by atoms with Gasteiger partial charge in [0, 0.05) is 36.9 Å². The van der Waals surface area contributed by atoms with Crippen LogP contribution >= 0.6 is 12.4 Å². The molecule has 12 bridgehead atoms. The number of Topliss-reactive ketones (excluding diaryl/α,β-unsaturated/α-hetero) is 1. The van der Waals surface area contributed by atoms with Crippen molar-refractivity contribution in [1.29, 1.82) is 0 Å². The van der Waals surface area contributed by atoms with Gasteiger partial charge in [-0.25, -0.2) is 4.39 Å². The van der Waals surface area contributed by atoms with Crippen molar-refractivity contribution in [2.45, 2.75) is 113 Å². The van der Waals surface area contributed by atoms with E-state index in [2.05, 4.69) is 17.4 Å². The first-order valence-corrected chi connectivity index (χ1v) is 22.5. The van der Waals surface area contributed by atoms with Crippen LogP contribution in [-0.4, -0.2) is 58.8 Å². The fraction of sp³-hybridized carbons (Fsp3) is 0.653. The van der Waals surface area contributed by atoms with Crippen LogP contribution in [0.5, 0.6) is 11.5 Å². The van der Waals surface area contributed by atoms with Crippen LogP contribution in [0.1, 0.15) is 107 Å². The highest BCUT2D eigenvalue weighted by Crippen LogP contribution is 2.64. The van der Waals surface area contributed by atoms with Crippen molar-refractivity contribution in [3.63, 3.8) is 0 Å². The molecule has 60 heavy (non-hydrogen) atoms. The highest BCUT2D eigenvalue weighted by Gasteiger charge is 2.59. The van der Waals surface area contributed by atoms with Gasteiger partial charge in [-0.05, 0) is 184 Å². The molecule has 2 aromatic carbocycles. The molecule has 12 aliphatic rings. The van der Waals surface area contributed by atoms with Crippen molar-refractivity contribution in [2.75, 3.05) is 20.2 Å². The summed E-state index contributed by atoms with van der Waals surface area (Å²) in [5.74, 6) is 5.52. The van der Waals surface area contributed by atoms with E-state index in [1.807, 2.05) is 24.3 Å². The molecule has 0 aliphatic heterocycles. The van der Waals surface area contributed by atoms with Gasteiger partial charge in [0.05, 0.1) is 17.8 Å². The summed E-state index contributed by atoms with van der Waals surface area (Å²) in [7, 11) is 1.76. The minimum Gasteiger partial charge on any atom is -0.508 e. The predicted octanol–water partition coefficient (Wildman–Crippen LogP) is 8.04. The third-order valence-electron chi connectivity index (χ3n) is 17.1. The van der Waals surface area contributed by atoms with Gasteiger partial charge >= 0.3 is 5.97 Å². The Morgan fingerprint density at radius 3 is 1.65 bits per heavy atom. The van der Waals surface area contributed by atoms with E-state index < -0.39 is 11.6 Å². The highest BCUT2D eigenvalue weighted by atomic mass is 35.5. The van der Waals surface area contributed by atoms with Crippen LogP contribution in [0.3, 0.4) is 0 Å². The molecule has 0 spiro atoms. The number of carbonyl (C=O) groups excluding carboxylic acids is 2. The van der Waals surface area contributed by atoms with Gasteiger partial charge in [-0.15, -0.1) is 12.4 Å². The van der Waals surface area contributed by atoms with Gasteiger partial charge in [0.1, 0.15) is 23.9 Å². The Labute approximate surface area is 359 Å². The Kier molecular flexibility index (Phi) is 12.0. The zero-order valence-electron chi connectivity index (χ0n) is 34.9. The van der Waals surface area contributed by atoms with Gasteiger partial charge in [0.15, 0.2) is 0 Å². The SMILES string of the molecule is CNC(=O)C1C2CC3CC1CC(c1ccc(OC/C(=C/F)CN)cc1)(C3)C2.Cl.O=C(O)C1C2CC3CC1CC(c1ccc(O)cc1)(C3)C2.O=C1C2CC3CC1CC(O)(C3)C2. The maximum absolute atomic E-state index is 12.6. The lowest BCUT2D eigenvalue weighted by molar-refractivity contribution is -0.161. The van der Waals surface area contributed by atoms with Gasteiger partial charge in [-0.1, -0.05) is 24.3 Å². The number of nitrogens with two attached hydrogens (primary N) is 1. The van der Waals surface area contributed by atoms with E-state index in [0.29, 0.717) is 58.9 Å². The molecule has 14 rings (SSSR count). The summed E-state index contributed by atoms with van der Waals surface area (Å²) in [6.45, 7) is 0.339. The first-order valence-electron chi connectivity index (χ1n) is 22.5. The third kappa shape index (κ3) is 7.91. The molecule has 0 radical (unpaired) electrons. The summed E-state index contributed by atoms with van der Waals surface area (Å²) >= 11 is 0. The number of hydrogen-bond donors (Lipinski definition) is 5. The third-order valence-corrected chi connectivity index (χ3v) is 17.1. The summed E-state index contributed by atoms with van der Waals surface area (Å²) in [4.78, 5) is 35.5. The lowest BCUT2D eigenvalue weighted by Gasteiger charge is -2.59. The van der Waals surface area contributed by atoms with Crippen LogP contribution in [0.15, 0.2) is 60.4 Å². The largest absolute Gasteiger partial charge is 0.508 e. The van der Waals surface area contributed by atoms with E-state index in [9.17, 15) is 34.1 Å². The van der Waals surface area contributed by atoms with E-state index in [0.717, 1.165) is 82.3 Å². The van der Waals surface area contributed by atoms with Crippen LogP contribution in [0.2, 0.25) is 0 Å². The smallest absolute Gasteiger partial charge is 0.307 e. The van der Waals surface area contributed by atoms with Gasteiger partial charge in [0.2, 0.25) is 5.91 Å². The molecule has 9 nitrogen and oxygen atoms in total. The van der Waals surface area contributed by atoms with E-state index in [1.54, 1.807) is 19.2 Å². The van der Waals surface area contributed by atoms with Crippen molar-refractivity contribution in [1.82, 2.24) is 5.32 Å². The summed E-state index contributed by atoms with van der Waals surface area (Å²) in [6, 6.07) is 15.9. The fourth-order valence-corrected chi connectivity index (χ4v) is 15.5. The molecular weight excluding hydrogens is 783 g/mol. The van der Waals surface area contributed by atoms with Crippen molar-refractivity contribution in [2.24, 2.45) is 70.8 Å². The number of ketones is 1. The van der Waals surface area contributed by atoms with E-state index in [4.69, 9.17) is 10.5 Å². The summed E-state index contributed by atoms with van der Waals surface area (Å²) in [6.07, 6.45) is 16.5. The van der Waals surface area contributed by atoms with Crippen LogP contribution in [0.4, 0.5) is 4.39 Å². The average molecular weight is 848 g/mol. The Balaban J connectivity index is 0.000000132. The molecule has 0 heterocycles. The first kappa shape index (κ1) is 43.2. The number of phenols is 1. The highest BCUT2D eigenvalue weighted by molar-refractivity contribution is 5.86. The number of halogens is 2. The van der Waals surface area contributed by atoms with Gasteiger partial charge < -0.3 is 31.1 Å². The molecule has 6 unspecified atom stereocenters. The Hall–Kier alpha value is -3.47. The molecule has 0 aromatic heterocycles. The maximum Gasteiger partial charge on any atom is 0.307 e. The number of carbonyl (C=O) groups is 3. The van der Waals surface area contributed by atoms with Crippen LogP contribution in [0, 0.1) is 65.1 Å². The number of benzene rings is 2. The minimum atomic E-state index is -0.584. The van der Waals surface area contributed by atoms with Crippen molar-refractivity contribution < 1.29 is 38.8 Å². The van der Waals surface area contributed by atoms with Crippen molar-refractivity contribution in [3.8, 4) is 11.5 Å². The zero-order chi connectivity index (χ0) is 41.3. The quantitative estimate of drug-likeness (QED) is 0.179. The standard InChI is InChI=1S/C22H29FN2O2.C17H20O3.C10H14O2.ClH/c1-25-21(26)20-16-6-14-7-17(20)10-22(8-14,9-16)18-2-4-19(5-3-18)27-13-15(11-23)12-24;18-14-3-1-13(2-4-14)17-7-10-5-11(8-17)15(16(19)20)12(6-10)9-17;11-9-7-1-6-2-8(9)5-10(12,3-6)4-7;/h2-5,11,14,16-17,20H,6-10,12-13,24H2,1H3,(H,25,26);1-4,10-12,15,18H,5-9H2,(H,19,20);6-8,12H,1-5H2;1H/b15-11+;;;. The first-order chi connectivity index (χ1) is 28.3. The Morgan fingerprint density at radius 1 is 0.750 bits per heavy atom. The molecule has 1 amide bonds. The zero-order valence-corrected chi connectivity index (χ0v) is 35.7. The molecule has 326 valence electrons. The lowest BCUT2D eigenvalue weighted by Crippen LogP contribution is -2.56. The van der Waals surface area contributed by atoms with Crippen LogP contribution in [0.25, 0.3) is 0 Å². The monoisotopic (exact) mass is 846 g/mol. The molecule has 12 fully saturated rings. The van der Waals surface area contributed by atoms with E-state index in [1.165, 1.54) is 36.8 Å². The summed E-state index contributed by atoms with van der Waals surface area (Å²) < 4.78 is 18.3. The molecule has 11 heteroatoms. The normalized spacial score (nSPS) is 40.8. The topological polar surface area (TPSA) is 159 Å². The van der Waals surface area contributed by atoms with Crippen LogP contribution in [-0.2, 0) is 25.2 Å². The number of aliphatic carboxylic acids is 1. The van der Waals surface area contributed by atoms with Crippen molar-refractivity contribution >= 4 is 30.1 Å². The molecule has 12 saturated carbocycles. The number of rotatable bonds is 8. The maximum atomic E-state index is 12.6. The second-order valence-electron chi connectivity index (χ2n) is 20.8.